The third-order valence-corrected chi connectivity index (χ3v) is 3.26. The molecular weight excluding hydrogens is 262 g/mol. The van der Waals surface area contributed by atoms with Gasteiger partial charge in [0.1, 0.15) is 16.8 Å². The Hall–Kier alpha value is -1.62. The number of hydrogen-bond acceptors (Lipinski definition) is 4. The molecule has 0 amide bonds. The number of nitrogens with zero attached hydrogens (tertiary/aromatic N) is 4. The smallest absolute Gasteiger partial charge is 0.137 e. The maximum atomic E-state index is 6.09. The second-order valence-corrected chi connectivity index (χ2v) is 4.70. The van der Waals surface area contributed by atoms with E-state index in [-0.39, 0.29) is 0 Å². The number of nitrogens with one attached hydrogen (secondary N) is 1. The van der Waals surface area contributed by atoms with Crippen LogP contribution in [0.25, 0.3) is 0 Å². The van der Waals surface area contributed by atoms with Gasteiger partial charge in [-0.15, -0.1) is 0 Å². The first-order chi connectivity index (χ1) is 9.20. The molecule has 0 bridgehead atoms. The van der Waals surface area contributed by atoms with E-state index in [0.717, 1.165) is 43.1 Å². The van der Waals surface area contributed by atoms with Crippen LogP contribution in [0, 0.1) is 6.92 Å². The molecule has 0 atom stereocenters. The number of rotatable bonds is 6. The van der Waals surface area contributed by atoms with Gasteiger partial charge < -0.3 is 9.88 Å². The molecule has 2 aromatic rings. The zero-order chi connectivity index (χ0) is 13.7. The van der Waals surface area contributed by atoms with E-state index < -0.39 is 0 Å². The van der Waals surface area contributed by atoms with Gasteiger partial charge in [-0.2, -0.15) is 0 Å². The Morgan fingerprint density at radius 3 is 2.89 bits per heavy atom. The van der Waals surface area contributed by atoms with Crippen molar-refractivity contribution in [3.05, 3.63) is 35.3 Å². The number of anilines is 1. The summed E-state index contributed by atoms with van der Waals surface area (Å²) in [6, 6.07) is 0. The van der Waals surface area contributed by atoms with Gasteiger partial charge in [0.05, 0.1) is 6.33 Å². The summed E-state index contributed by atoms with van der Waals surface area (Å²) in [6.45, 7) is 5.73. The molecule has 0 aliphatic rings. The summed E-state index contributed by atoms with van der Waals surface area (Å²) < 4.78 is 2.05. The van der Waals surface area contributed by atoms with Crippen LogP contribution in [0.15, 0.2) is 18.7 Å². The Bertz CT molecular complexity index is 524. The number of hydrogen-bond donors (Lipinski definition) is 1. The average Bonchev–Trinajstić information content (AvgIpc) is 2.92. The number of halogens is 1. The topological polar surface area (TPSA) is 55.6 Å². The van der Waals surface area contributed by atoms with Crippen LogP contribution in [-0.4, -0.2) is 26.1 Å². The summed E-state index contributed by atoms with van der Waals surface area (Å²) in [6.07, 6.45) is 7.35. The summed E-state index contributed by atoms with van der Waals surface area (Å²) in [5, 5.41) is 3.85. The van der Waals surface area contributed by atoms with Crippen LogP contribution in [-0.2, 0) is 13.0 Å². The third-order valence-electron chi connectivity index (χ3n) is 2.89. The normalized spacial score (nSPS) is 10.7. The van der Waals surface area contributed by atoms with Gasteiger partial charge in [0.15, 0.2) is 0 Å². The van der Waals surface area contributed by atoms with Gasteiger partial charge in [0.25, 0.3) is 0 Å². The molecular formula is C13H18ClN5. The SMILES string of the molecule is CCc1nc(Cl)c(C)c(NCCCn2ccnc2)n1. The molecule has 0 radical (unpaired) electrons. The van der Waals surface area contributed by atoms with Crippen LogP contribution in [0.4, 0.5) is 5.82 Å². The van der Waals surface area contributed by atoms with Crippen molar-refractivity contribution in [2.24, 2.45) is 0 Å². The van der Waals surface area contributed by atoms with Gasteiger partial charge in [-0.1, -0.05) is 18.5 Å². The van der Waals surface area contributed by atoms with E-state index in [9.17, 15) is 0 Å². The molecule has 0 saturated carbocycles. The molecule has 2 heterocycles. The van der Waals surface area contributed by atoms with E-state index in [1.165, 1.54) is 0 Å². The fraction of sp³-hybridized carbons (Fsp3) is 0.462. The molecule has 19 heavy (non-hydrogen) atoms. The highest BCUT2D eigenvalue weighted by atomic mass is 35.5. The van der Waals surface area contributed by atoms with Crippen molar-refractivity contribution in [2.45, 2.75) is 33.2 Å². The lowest BCUT2D eigenvalue weighted by Gasteiger charge is -2.11. The Balaban J connectivity index is 1.90. The minimum atomic E-state index is 0.531. The van der Waals surface area contributed by atoms with E-state index in [2.05, 4.69) is 24.8 Å². The number of aromatic nitrogens is 4. The zero-order valence-corrected chi connectivity index (χ0v) is 12.0. The molecule has 0 unspecified atom stereocenters. The summed E-state index contributed by atoms with van der Waals surface area (Å²) >= 11 is 6.09. The minimum absolute atomic E-state index is 0.531. The first-order valence-corrected chi connectivity index (χ1v) is 6.81. The maximum absolute atomic E-state index is 6.09. The second-order valence-electron chi connectivity index (χ2n) is 4.34. The molecule has 5 nitrogen and oxygen atoms in total. The highest BCUT2D eigenvalue weighted by Crippen LogP contribution is 2.19. The molecule has 0 aromatic carbocycles. The van der Waals surface area contributed by atoms with Gasteiger partial charge in [-0.3, -0.25) is 0 Å². The van der Waals surface area contributed by atoms with Gasteiger partial charge in [0, 0.05) is 37.5 Å². The van der Waals surface area contributed by atoms with Crippen LogP contribution in [0.2, 0.25) is 5.15 Å². The van der Waals surface area contributed by atoms with Crippen molar-refractivity contribution < 1.29 is 0 Å². The molecule has 0 aliphatic carbocycles. The summed E-state index contributed by atoms with van der Waals surface area (Å²) in [5.41, 5.74) is 0.904. The Labute approximate surface area is 118 Å². The standard InChI is InChI=1S/C13H18ClN5/c1-3-11-17-12(14)10(2)13(18-11)16-5-4-7-19-8-6-15-9-19/h6,8-9H,3-5,7H2,1-2H3,(H,16,17,18). The Morgan fingerprint density at radius 2 is 2.21 bits per heavy atom. The lowest BCUT2D eigenvalue weighted by molar-refractivity contribution is 0.659. The van der Waals surface area contributed by atoms with Crippen molar-refractivity contribution in [3.63, 3.8) is 0 Å². The average molecular weight is 280 g/mol. The first kappa shape index (κ1) is 13.8. The quantitative estimate of drug-likeness (QED) is 0.652. The predicted molar refractivity (Wildman–Crippen MR) is 76.5 cm³/mol. The Morgan fingerprint density at radius 1 is 1.37 bits per heavy atom. The molecule has 0 spiro atoms. The monoisotopic (exact) mass is 279 g/mol. The van der Waals surface area contributed by atoms with Gasteiger partial charge >= 0.3 is 0 Å². The molecule has 102 valence electrons. The first-order valence-electron chi connectivity index (χ1n) is 6.43. The van der Waals surface area contributed by atoms with E-state index in [0.29, 0.717) is 5.15 Å². The molecule has 2 aromatic heterocycles. The van der Waals surface area contributed by atoms with E-state index in [1.807, 2.05) is 26.4 Å². The highest BCUT2D eigenvalue weighted by molar-refractivity contribution is 6.30. The largest absolute Gasteiger partial charge is 0.370 e. The van der Waals surface area contributed by atoms with Gasteiger partial charge in [0.2, 0.25) is 0 Å². The van der Waals surface area contributed by atoms with E-state index >= 15 is 0 Å². The van der Waals surface area contributed by atoms with Crippen LogP contribution in [0.1, 0.15) is 24.7 Å². The van der Waals surface area contributed by atoms with E-state index in [4.69, 9.17) is 11.6 Å². The number of aryl methyl sites for hydroxylation is 2. The maximum Gasteiger partial charge on any atom is 0.137 e. The summed E-state index contributed by atoms with van der Waals surface area (Å²) in [4.78, 5) is 12.7. The van der Waals surface area contributed by atoms with E-state index in [1.54, 1.807) is 6.20 Å². The van der Waals surface area contributed by atoms with Crippen LogP contribution < -0.4 is 5.32 Å². The fourth-order valence-electron chi connectivity index (χ4n) is 1.75. The third kappa shape index (κ3) is 3.67. The molecule has 0 fully saturated rings. The summed E-state index contributed by atoms with van der Waals surface area (Å²) in [5.74, 6) is 1.61. The molecule has 1 N–H and O–H groups in total. The zero-order valence-electron chi connectivity index (χ0n) is 11.2. The summed E-state index contributed by atoms with van der Waals surface area (Å²) in [7, 11) is 0. The molecule has 2 rings (SSSR count). The predicted octanol–water partition coefficient (Wildman–Crippen LogP) is 2.70. The Kier molecular flexibility index (Phi) is 4.74. The van der Waals surface area contributed by atoms with Crippen LogP contribution in [0.5, 0.6) is 0 Å². The number of imidazole rings is 1. The van der Waals surface area contributed by atoms with Crippen molar-refractivity contribution in [1.82, 2.24) is 19.5 Å². The van der Waals surface area contributed by atoms with Crippen molar-refractivity contribution in [2.75, 3.05) is 11.9 Å². The minimum Gasteiger partial charge on any atom is -0.370 e. The molecule has 6 heteroatoms. The van der Waals surface area contributed by atoms with Crippen molar-refractivity contribution >= 4 is 17.4 Å². The van der Waals surface area contributed by atoms with Crippen molar-refractivity contribution in [1.29, 1.82) is 0 Å². The van der Waals surface area contributed by atoms with Crippen LogP contribution >= 0.6 is 11.6 Å². The fourth-order valence-corrected chi connectivity index (χ4v) is 1.94. The van der Waals surface area contributed by atoms with Gasteiger partial charge in [-0.25, -0.2) is 15.0 Å². The highest BCUT2D eigenvalue weighted by Gasteiger charge is 2.07. The second kappa shape index (κ2) is 6.52. The van der Waals surface area contributed by atoms with Gasteiger partial charge in [-0.05, 0) is 13.3 Å². The van der Waals surface area contributed by atoms with Crippen LogP contribution in [0.3, 0.4) is 0 Å². The molecule has 0 aliphatic heterocycles. The van der Waals surface area contributed by atoms with Crippen molar-refractivity contribution in [3.8, 4) is 0 Å². The molecule has 0 saturated heterocycles. The lowest BCUT2D eigenvalue weighted by atomic mass is 10.3. The lowest BCUT2D eigenvalue weighted by Crippen LogP contribution is -2.10.